The quantitative estimate of drug-likeness (QED) is 0.430. The lowest BCUT2D eigenvalue weighted by Gasteiger charge is -2.14. The van der Waals surface area contributed by atoms with Crippen LogP contribution in [0.5, 0.6) is 0 Å². The highest BCUT2D eigenvalue weighted by molar-refractivity contribution is 5.82. The number of amidine groups is 1. The van der Waals surface area contributed by atoms with Crippen LogP contribution in [0.3, 0.4) is 0 Å². The van der Waals surface area contributed by atoms with E-state index < -0.39 is 12.0 Å². The molecular weight excluding hydrogens is 279 g/mol. The molecule has 0 aromatic carbocycles. The maximum Gasteiger partial charge on any atom is 0.451 e. The Balaban J connectivity index is 1.80. The standard InChI is InChI=1S/C8H14F3N9/c1-19-17-5(14-18-19)3-2-4-20(12)7-13-6(15-16-7)8(9,10)11/h18H,2-4,12H2,1H3,(H,14,17)(H,13,15,16). The molecule has 9 nitrogen and oxygen atoms in total. The van der Waals surface area contributed by atoms with Crippen molar-refractivity contribution in [2.24, 2.45) is 10.9 Å². The van der Waals surface area contributed by atoms with E-state index in [4.69, 9.17) is 5.84 Å². The van der Waals surface area contributed by atoms with Gasteiger partial charge in [0.25, 0.3) is 5.95 Å². The van der Waals surface area contributed by atoms with Crippen molar-refractivity contribution >= 4 is 11.8 Å². The van der Waals surface area contributed by atoms with Crippen molar-refractivity contribution in [3.63, 3.8) is 0 Å². The summed E-state index contributed by atoms with van der Waals surface area (Å²) in [6.07, 6.45) is -3.40. The fourth-order valence-corrected chi connectivity index (χ4v) is 1.52. The molecule has 0 atom stereocenters. The summed E-state index contributed by atoms with van der Waals surface area (Å²) in [4.78, 5) is 3.29. The first-order valence-corrected chi connectivity index (χ1v) is 5.70. The van der Waals surface area contributed by atoms with Gasteiger partial charge >= 0.3 is 6.18 Å². The van der Waals surface area contributed by atoms with Gasteiger partial charge in [0.1, 0.15) is 5.84 Å². The molecule has 5 N–H and O–H groups in total. The predicted molar refractivity (Wildman–Crippen MR) is 63.6 cm³/mol. The van der Waals surface area contributed by atoms with Crippen LogP contribution in [0.25, 0.3) is 0 Å². The molecular formula is C8H14F3N9. The molecule has 2 rings (SSSR count). The van der Waals surface area contributed by atoms with Crippen LogP contribution in [0, 0.1) is 0 Å². The van der Waals surface area contributed by atoms with Crippen LogP contribution in [-0.4, -0.2) is 39.7 Å². The summed E-state index contributed by atoms with van der Waals surface area (Å²) in [7, 11) is 1.75. The minimum Gasteiger partial charge on any atom is -0.286 e. The first kappa shape index (κ1) is 14.3. The first-order valence-electron chi connectivity index (χ1n) is 5.70. The number of hydrogen-bond donors (Lipinski definition) is 4. The van der Waals surface area contributed by atoms with E-state index in [2.05, 4.69) is 26.1 Å². The molecule has 112 valence electrons. The Kier molecular flexibility index (Phi) is 3.94. The second kappa shape index (κ2) is 5.50. The summed E-state index contributed by atoms with van der Waals surface area (Å²) in [5.41, 5.74) is 5.59. The second-order valence-electron chi connectivity index (χ2n) is 4.11. The number of hydrazine groups is 3. The molecule has 0 aliphatic carbocycles. The van der Waals surface area contributed by atoms with Crippen molar-refractivity contribution < 1.29 is 13.2 Å². The minimum absolute atomic E-state index is 0.200. The lowest BCUT2D eigenvalue weighted by Crippen LogP contribution is -2.38. The maximum atomic E-state index is 12.3. The van der Waals surface area contributed by atoms with Gasteiger partial charge in [0.2, 0.25) is 5.82 Å². The Morgan fingerprint density at radius 1 is 1.40 bits per heavy atom. The first-order chi connectivity index (χ1) is 9.36. The zero-order chi connectivity index (χ0) is 14.8. The number of nitrogens with one attached hydrogen (secondary N) is 3. The van der Waals surface area contributed by atoms with E-state index >= 15 is 0 Å². The molecule has 1 aromatic heterocycles. The van der Waals surface area contributed by atoms with E-state index in [-0.39, 0.29) is 5.95 Å². The van der Waals surface area contributed by atoms with Crippen molar-refractivity contribution in [3.8, 4) is 0 Å². The van der Waals surface area contributed by atoms with Gasteiger partial charge in [0.05, 0.1) is 0 Å². The van der Waals surface area contributed by atoms with Gasteiger partial charge in [-0.05, 0) is 6.42 Å². The number of alkyl halides is 3. The van der Waals surface area contributed by atoms with Gasteiger partial charge in [-0.25, -0.2) is 11.4 Å². The fourth-order valence-electron chi connectivity index (χ4n) is 1.52. The molecule has 0 saturated heterocycles. The zero-order valence-corrected chi connectivity index (χ0v) is 10.6. The summed E-state index contributed by atoms with van der Waals surface area (Å²) < 4.78 is 37.0. The average Bonchev–Trinajstić information content (AvgIpc) is 2.97. The lowest BCUT2D eigenvalue weighted by molar-refractivity contribution is -0.144. The molecule has 0 radical (unpaired) electrons. The number of aromatic amines is 1. The highest BCUT2D eigenvalue weighted by Gasteiger charge is 2.35. The third kappa shape index (κ3) is 3.48. The van der Waals surface area contributed by atoms with E-state index in [0.29, 0.717) is 25.2 Å². The zero-order valence-electron chi connectivity index (χ0n) is 10.6. The van der Waals surface area contributed by atoms with Crippen LogP contribution in [0.2, 0.25) is 0 Å². The van der Waals surface area contributed by atoms with Crippen molar-refractivity contribution in [2.75, 3.05) is 18.6 Å². The molecule has 2 heterocycles. The van der Waals surface area contributed by atoms with E-state index in [1.807, 2.05) is 0 Å². The highest BCUT2D eigenvalue weighted by atomic mass is 19.4. The Bertz CT molecular complexity index is 482. The average molecular weight is 293 g/mol. The number of hydrogen-bond acceptors (Lipinski definition) is 8. The van der Waals surface area contributed by atoms with E-state index in [0.717, 1.165) is 5.01 Å². The van der Waals surface area contributed by atoms with E-state index in [1.165, 1.54) is 0 Å². The van der Waals surface area contributed by atoms with Gasteiger partial charge < -0.3 is 0 Å². The molecule has 0 unspecified atom stereocenters. The SMILES string of the molecule is CN1NN=C(CCCN(N)c2n[nH]c(C(F)(F)F)n2)N1. The van der Waals surface area contributed by atoms with Crippen LogP contribution in [0.15, 0.2) is 5.10 Å². The second-order valence-corrected chi connectivity index (χ2v) is 4.11. The van der Waals surface area contributed by atoms with Gasteiger partial charge in [0.15, 0.2) is 0 Å². The number of H-pyrrole nitrogens is 1. The maximum absolute atomic E-state index is 12.3. The smallest absolute Gasteiger partial charge is 0.286 e. The minimum atomic E-state index is -4.56. The molecule has 0 amide bonds. The van der Waals surface area contributed by atoms with Crippen LogP contribution in [0.1, 0.15) is 18.7 Å². The number of aromatic nitrogens is 3. The number of nitrogens with two attached hydrogens (primary N) is 1. The molecule has 1 aliphatic rings. The Morgan fingerprint density at radius 3 is 2.70 bits per heavy atom. The number of anilines is 1. The molecule has 1 aromatic rings. The third-order valence-electron chi connectivity index (χ3n) is 2.44. The van der Waals surface area contributed by atoms with Crippen molar-refractivity contribution in [3.05, 3.63) is 5.82 Å². The number of halogens is 3. The molecule has 0 fully saturated rings. The van der Waals surface area contributed by atoms with Gasteiger partial charge in [0, 0.05) is 20.0 Å². The molecule has 20 heavy (non-hydrogen) atoms. The summed E-state index contributed by atoms with van der Waals surface area (Å²) in [6.45, 7) is 0.291. The van der Waals surface area contributed by atoms with E-state index in [9.17, 15) is 13.2 Å². The topological polar surface area (TPSA) is 110 Å². The van der Waals surface area contributed by atoms with Gasteiger partial charge in [-0.3, -0.25) is 15.5 Å². The predicted octanol–water partition coefficient (Wildman–Crippen LogP) is -0.448. The number of nitrogens with zero attached hydrogens (tertiary/aromatic N) is 5. The normalized spacial score (nSPS) is 15.8. The molecule has 0 spiro atoms. The molecule has 0 bridgehead atoms. The van der Waals surface area contributed by atoms with Crippen LogP contribution in [0.4, 0.5) is 19.1 Å². The third-order valence-corrected chi connectivity index (χ3v) is 2.44. The Morgan fingerprint density at radius 2 is 2.15 bits per heavy atom. The van der Waals surface area contributed by atoms with Gasteiger partial charge in [-0.15, -0.1) is 15.3 Å². The Hall–Kier alpha value is -2.08. The molecule has 1 aliphatic heterocycles. The summed E-state index contributed by atoms with van der Waals surface area (Å²) in [6, 6.07) is 0. The van der Waals surface area contributed by atoms with Gasteiger partial charge in [-0.2, -0.15) is 18.2 Å². The Labute approximate surface area is 111 Å². The van der Waals surface area contributed by atoms with Crippen LogP contribution >= 0.6 is 0 Å². The summed E-state index contributed by atoms with van der Waals surface area (Å²) in [5.74, 6) is 4.94. The largest absolute Gasteiger partial charge is 0.451 e. The fraction of sp³-hybridized carbons (Fsp3) is 0.625. The molecule has 0 saturated carbocycles. The van der Waals surface area contributed by atoms with E-state index in [1.54, 1.807) is 17.3 Å². The van der Waals surface area contributed by atoms with Gasteiger partial charge in [-0.1, -0.05) is 0 Å². The summed E-state index contributed by atoms with van der Waals surface area (Å²) >= 11 is 0. The van der Waals surface area contributed by atoms with Crippen molar-refractivity contribution in [1.82, 2.24) is 31.3 Å². The van der Waals surface area contributed by atoms with Crippen LogP contribution < -0.4 is 21.8 Å². The lowest BCUT2D eigenvalue weighted by atomic mass is 10.3. The van der Waals surface area contributed by atoms with Crippen molar-refractivity contribution in [2.45, 2.75) is 19.0 Å². The number of rotatable bonds is 5. The van der Waals surface area contributed by atoms with Crippen LogP contribution in [-0.2, 0) is 6.18 Å². The summed E-state index contributed by atoms with van der Waals surface area (Å²) in [5, 5.41) is 11.8. The number of hydrazone groups is 1. The molecule has 12 heteroatoms. The van der Waals surface area contributed by atoms with Crippen molar-refractivity contribution in [1.29, 1.82) is 0 Å². The monoisotopic (exact) mass is 293 g/mol. The highest BCUT2D eigenvalue weighted by Crippen LogP contribution is 2.26.